The van der Waals surface area contributed by atoms with E-state index in [1.54, 1.807) is 8.61 Å². The molecule has 2 fully saturated rings. The standard InChI is InChI=1S/C17H26N4O2S/c22-24(23,20-9-5-15-3-1-2-4-16(15)13-20)21-10-6-17(14-21)19-11-7-18-8-12-19/h1-4,17-18H,5-14H2. The third-order valence-electron chi connectivity index (χ3n) is 5.54. The van der Waals surface area contributed by atoms with Crippen LogP contribution in [0.4, 0.5) is 0 Å². The van der Waals surface area contributed by atoms with Gasteiger partial charge in [0.2, 0.25) is 0 Å². The van der Waals surface area contributed by atoms with Gasteiger partial charge in [-0.25, -0.2) is 0 Å². The van der Waals surface area contributed by atoms with Gasteiger partial charge in [-0.3, -0.25) is 4.90 Å². The van der Waals surface area contributed by atoms with Crippen molar-refractivity contribution >= 4 is 10.2 Å². The quantitative estimate of drug-likeness (QED) is 0.850. The van der Waals surface area contributed by atoms with E-state index in [4.69, 9.17) is 0 Å². The number of hydrogen-bond donors (Lipinski definition) is 1. The molecule has 3 heterocycles. The zero-order chi connectivity index (χ0) is 16.6. The van der Waals surface area contributed by atoms with Crippen LogP contribution in [0.5, 0.6) is 0 Å². The summed E-state index contributed by atoms with van der Waals surface area (Å²) in [6.45, 7) is 6.45. The zero-order valence-corrected chi connectivity index (χ0v) is 14.8. The predicted octanol–water partition coefficient (Wildman–Crippen LogP) is 0.269. The minimum Gasteiger partial charge on any atom is -0.314 e. The molecule has 0 amide bonds. The van der Waals surface area contributed by atoms with E-state index in [2.05, 4.69) is 16.3 Å². The second kappa shape index (κ2) is 6.72. The van der Waals surface area contributed by atoms with Crippen molar-refractivity contribution in [2.24, 2.45) is 0 Å². The Balaban J connectivity index is 1.44. The first kappa shape index (κ1) is 16.5. The van der Waals surface area contributed by atoms with Gasteiger partial charge >= 0.3 is 0 Å². The smallest absolute Gasteiger partial charge is 0.282 e. The maximum Gasteiger partial charge on any atom is 0.282 e. The van der Waals surface area contributed by atoms with Gasteiger partial charge in [0, 0.05) is 58.4 Å². The van der Waals surface area contributed by atoms with E-state index >= 15 is 0 Å². The molecule has 0 bridgehead atoms. The number of nitrogens with zero attached hydrogens (tertiary/aromatic N) is 3. The van der Waals surface area contributed by atoms with E-state index in [0.29, 0.717) is 32.2 Å². The summed E-state index contributed by atoms with van der Waals surface area (Å²) < 4.78 is 29.5. The van der Waals surface area contributed by atoms with Gasteiger partial charge in [0.15, 0.2) is 0 Å². The first-order valence-corrected chi connectivity index (χ1v) is 10.3. The number of fused-ring (bicyclic) bond motifs is 1. The van der Waals surface area contributed by atoms with Crippen molar-refractivity contribution in [1.29, 1.82) is 0 Å². The Morgan fingerprint density at radius 2 is 1.71 bits per heavy atom. The van der Waals surface area contributed by atoms with Crippen LogP contribution in [0.3, 0.4) is 0 Å². The Labute approximate surface area is 144 Å². The summed E-state index contributed by atoms with van der Waals surface area (Å²) in [7, 11) is -3.35. The highest BCUT2D eigenvalue weighted by molar-refractivity contribution is 7.86. The van der Waals surface area contributed by atoms with Crippen LogP contribution < -0.4 is 5.32 Å². The molecular formula is C17H26N4O2S. The zero-order valence-electron chi connectivity index (χ0n) is 14.0. The number of benzene rings is 1. The van der Waals surface area contributed by atoms with E-state index in [-0.39, 0.29) is 0 Å². The fourth-order valence-electron chi connectivity index (χ4n) is 4.10. The van der Waals surface area contributed by atoms with Crippen molar-refractivity contribution in [3.05, 3.63) is 35.4 Å². The molecule has 1 atom stereocenters. The molecule has 0 radical (unpaired) electrons. The van der Waals surface area contributed by atoms with Crippen LogP contribution in [0, 0.1) is 0 Å². The van der Waals surface area contributed by atoms with Crippen LogP contribution >= 0.6 is 0 Å². The average molecular weight is 350 g/mol. The molecule has 1 aromatic rings. The van der Waals surface area contributed by atoms with E-state index in [9.17, 15) is 8.42 Å². The Morgan fingerprint density at radius 3 is 2.50 bits per heavy atom. The molecule has 4 rings (SSSR count). The van der Waals surface area contributed by atoms with Crippen molar-refractivity contribution in [3.63, 3.8) is 0 Å². The lowest BCUT2D eigenvalue weighted by molar-refractivity contribution is 0.179. The van der Waals surface area contributed by atoms with Crippen LogP contribution in [0.1, 0.15) is 17.5 Å². The molecule has 3 aliphatic rings. The lowest BCUT2D eigenvalue weighted by Gasteiger charge is -2.34. The number of hydrogen-bond acceptors (Lipinski definition) is 4. The molecule has 1 unspecified atom stereocenters. The van der Waals surface area contributed by atoms with Crippen LogP contribution in [0.2, 0.25) is 0 Å². The summed E-state index contributed by atoms with van der Waals surface area (Å²) in [5.41, 5.74) is 2.43. The second-order valence-corrected chi connectivity index (χ2v) is 8.87. The van der Waals surface area contributed by atoms with Crippen LogP contribution in [-0.4, -0.2) is 73.8 Å². The van der Waals surface area contributed by atoms with E-state index in [1.165, 1.54) is 5.56 Å². The summed E-state index contributed by atoms with van der Waals surface area (Å²) >= 11 is 0. The summed E-state index contributed by atoms with van der Waals surface area (Å²) in [5, 5.41) is 3.36. The highest BCUT2D eigenvalue weighted by Crippen LogP contribution is 2.26. The van der Waals surface area contributed by atoms with Gasteiger partial charge in [-0.1, -0.05) is 24.3 Å². The first-order chi connectivity index (χ1) is 11.6. The molecule has 0 saturated carbocycles. The van der Waals surface area contributed by atoms with E-state index < -0.39 is 10.2 Å². The minimum atomic E-state index is -3.35. The average Bonchev–Trinajstić information content (AvgIpc) is 3.13. The Bertz CT molecular complexity index is 688. The molecule has 1 aromatic carbocycles. The Kier molecular flexibility index (Phi) is 4.62. The van der Waals surface area contributed by atoms with Crippen molar-refractivity contribution in [2.45, 2.75) is 25.4 Å². The maximum atomic E-state index is 13.0. The molecule has 7 heteroatoms. The number of nitrogens with one attached hydrogen (secondary N) is 1. The minimum absolute atomic E-state index is 0.374. The van der Waals surface area contributed by atoms with Crippen LogP contribution in [-0.2, 0) is 23.2 Å². The Morgan fingerprint density at radius 1 is 0.958 bits per heavy atom. The molecule has 1 N–H and O–H groups in total. The lowest BCUT2D eigenvalue weighted by Crippen LogP contribution is -2.50. The maximum absolute atomic E-state index is 13.0. The fraction of sp³-hybridized carbons (Fsp3) is 0.647. The molecule has 0 aromatic heterocycles. The van der Waals surface area contributed by atoms with Crippen LogP contribution in [0.15, 0.2) is 24.3 Å². The van der Waals surface area contributed by atoms with Crippen LogP contribution in [0.25, 0.3) is 0 Å². The Hall–Kier alpha value is -0.990. The normalized spacial score (nSPS) is 27.2. The van der Waals surface area contributed by atoms with Crippen molar-refractivity contribution in [3.8, 4) is 0 Å². The van der Waals surface area contributed by atoms with Gasteiger partial charge in [0.1, 0.15) is 0 Å². The molecule has 24 heavy (non-hydrogen) atoms. The van der Waals surface area contributed by atoms with Gasteiger partial charge < -0.3 is 5.32 Å². The summed E-state index contributed by atoms with van der Waals surface area (Å²) in [6.07, 6.45) is 1.76. The number of rotatable bonds is 3. The first-order valence-electron chi connectivity index (χ1n) is 8.91. The molecule has 3 aliphatic heterocycles. The van der Waals surface area contributed by atoms with E-state index in [0.717, 1.165) is 44.6 Å². The van der Waals surface area contributed by atoms with Gasteiger partial charge in [0.05, 0.1) is 0 Å². The van der Waals surface area contributed by atoms with Crippen molar-refractivity contribution in [1.82, 2.24) is 18.8 Å². The molecule has 0 aliphatic carbocycles. The third-order valence-corrected chi connectivity index (χ3v) is 7.49. The molecule has 6 nitrogen and oxygen atoms in total. The van der Waals surface area contributed by atoms with Gasteiger partial charge in [-0.15, -0.1) is 0 Å². The second-order valence-electron chi connectivity index (χ2n) is 6.95. The lowest BCUT2D eigenvalue weighted by atomic mass is 10.0. The molecule has 2 saturated heterocycles. The van der Waals surface area contributed by atoms with Gasteiger partial charge in [-0.2, -0.15) is 17.0 Å². The van der Waals surface area contributed by atoms with Gasteiger partial charge in [-0.05, 0) is 24.0 Å². The summed E-state index contributed by atoms with van der Waals surface area (Å²) in [5.74, 6) is 0. The van der Waals surface area contributed by atoms with E-state index in [1.807, 2.05) is 18.2 Å². The largest absolute Gasteiger partial charge is 0.314 e. The third kappa shape index (κ3) is 3.11. The highest BCUT2D eigenvalue weighted by Gasteiger charge is 2.38. The summed E-state index contributed by atoms with van der Waals surface area (Å²) in [6, 6.07) is 8.55. The van der Waals surface area contributed by atoms with Gasteiger partial charge in [0.25, 0.3) is 10.2 Å². The predicted molar refractivity (Wildman–Crippen MR) is 93.9 cm³/mol. The topological polar surface area (TPSA) is 55.9 Å². The molecular weight excluding hydrogens is 324 g/mol. The SMILES string of the molecule is O=S(=O)(N1CCc2ccccc2C1)N1CCC(N2CCNCC2)C1. The highest BCUT2D eigenvalue weighted by atomic mass is 32.2. The summed E-state index contributed by atoms with van der Waals surface area (Å²) in [4.78, 5) is 2.44. The molecule has 0 spiro atoms. The fourth-order valence-corrected chi connectivity index (χ4v) is 5.74. The number of piperazine rings is 1. The van der Waals surface area contributed by atoms with Crippen molar-refractivity contribution in [2.75, 3.05) is 45.8 Å². The monoisotopic (exact) mass is 350 g/mol. The molecule has 132 valence electrons. The van der Waals surface area contributed by atoms with Crippen molar-refractivity contribution < 1.29 is 8.42 Å².